The fourth-order valence-corrected chi connectivity index (χ4v) is 2.04. The standard InChI is InChI=1S/C18H19NO5/c1-24-17-10-12(2-8-15(17)21)3-9-18(23)19-11-16(22)13-4-6-14(20)7-5-13/h2-10,16,20-22H,11H2,1H3,(H,19,23)/b9-3-. The minimum absolute atomic E-state index is 0.0242. The zero-order valence-electron chi connectivity index (χ0n) is 13.1. The highest BCUT2D eigenvalue weighted by atomic mass is 16.5. The molecule has 0 aromatic heterocycles. The summed E-state index contributed by atoms with van der Waals surface area (Å²) in [6.45, 7) is 0.0485. The van der Waals surface area contributed by atoms with Crippen LogP contribution < -0.4 is 10.1 Å². The lowest BCUT2D eigenvalue weighted by Gasteiger charge is -2.11. The Bertz CT molecular complexity index is 725. The number of aliphatic hydroxyl groups excluding tert-OH is 1. The van der Waals surface area contributed by atoms with E-state index in [9.17, 15) is 20.1 Å². The average Bonchev–Trinajstić information content (AvgIpc) is 2.59. The molecule has 1 amide bonds. The van der Waals surface area contributed by atoms with Crippen LogP contribution in [0, 0.1) is 0 Å². The third-order valence-corrected chi connectivity index (χ3v) is 3.38. The molecule has 6 nitrogen and oxygen atoms in total. The number of aliphatic hydroxyl groups is 1. The van der Waals surface area contributed by atoms with E-state index < -0.39 is 6.10 Å². The Balaban J connectivity index is 1.89. The predicted molar refractivity (Wildman–Crippen MR) is 89.8 cm³/mol. The van der Waals surface area contributed by atoms with Gasteiger partial charge < -0.3 is 25.4 Å². The minimum Gasteiger partial charge on any atom is -0.508 e. The van der Waals surface area contributed by atoms with Crippen molar-refractivity contribution >= 4 is 12.0 Å². The largest absolute Gasteiger partial charge is 0.508 e. The zero-order chi connectivity index (χ0) is 17.5. The van der Waals surface area contributed by atoms with Crippen LogP contribution >= 0.6 is 0 Å². The number of hydrogen-bond acceptors (Lipinski definition) is 5. The van der Waals surface area contributed by atoms with Crippen LogP contribution in [0.15, 0.2) is 48.5 Å². The number of phenols is 2. The first-order valence-corrected chi connectivity index (χ1v) is 7.29. The molecule has 24 heavy (non-hydrogen) atoms. The molecule has 2 aromatic carbocycles. The van der Waals surface area contributed by atoms with E-state index in [0.717, 1.165) is 0 Å². The monoisotopic (exact) mass is 329 g/mol. The van der Waals surface area contributed by atoms with Crippen LogP contribution in [-0.2, 0) is 4.79 Å². The summed E-state index contributed by atoms with van der Waals surface area (Å²) in [7, 11) is 1.44. The van der Waals surface area contributed by atoms with Gasteiger partial charge in [-0.15, -0.1) is 0 Å². The van der Waals surface area contributed by atoms with Gasteiger partial charge in [0, 0.05) is 12.6 Å². The molecule has 0 spiro atoms. The Morgan fingerprint density at radius 3 is 2.58 bits per heavy atom. The maximum atomic E-state index is 11.8. The molecule has 0 aliphatic carbocycles. The van der Waals surface area contributed by atoms with Crippen molar-refractivity contribution in [2.75, 3.05) is 13.7 Å². The van der Waals surface area contributed by atoms with Gasteiger partial charge in [0.2, 0.25) is 5.91 Å². The maximum absolute atomic E-state index is 11.8. The van der Waals surface area contributed by atoms with Gasteiger partial charge in [-0.05, 0) is 41.5 Å². The van der Waals surface area contributed by atoms with Crippen molar-refractivity contribution in [3.8, 4) is 17.2 Å². The molecule has 4 N–H and O–H groups in total. The predicted octanol–water partition coefficient (Wildman–Crippen LogP) is 1.97. The second-order valence-electron chi connectivity index (χ2n) is 5.12. The summed E-state index contributed by atoms with van der Waals surface area (Å²) in [5.41, 5.74) is 1.29. The molecule has 0 radical (unpaired) electrons. The first-order chi connectivity index (χ1) is 11.5. The Morgan fingerprint density at radius 2 is 1.92 bits per heavy atom. The highest BCUT2D eigenvalue weighted by Gasteiger charge is 2.08. The second kappa shape index (κ2) is 8.03. The highest BCUT2D eigenvalue weighted by molar-refractivity contribution is 5.91. The second-order valence-corrected chi connectivity index (χ2v) is 5.12. The number of hydrogen-bond donors (Lipinski definition) is 4. The van der Waals surface area contributed by atoms with Gasteiger partial charge >= 0.3 is 0 Å². The Kier molecular flexibility index (Phi) is 5.81. The SMILES string of the molecule is COc1cc(/C=C\C(=O)NCC(O)c2ccc(O)cc2)ccc1O. The van der Waals surface area contributed by atoms with E-state index in [4.69, 9.17) is 4.74 Å². The molecule has 1 atom stereocenters. The van der Waals surface area contributed by atoms with E-state index in [2.05, 4.69) is 5.32 Å². The van der Waals surface area contributed by atoms with Gasteiger partial charge in [-0.3, -0.25) is 4.79 Å². The van der Waals surface area contributed by atoms with Crippen molar-refractivity contribution in [2.24, 2.45) is 0 Å². The molecule has 0 saturated heterocycles. The molecule has 0 heterocycles. The molecule has 2 aromatic rings. The molecule has 0 bridgehead atoms. The molecule has 0 saturated carbocycles. The third-order valence-electron chi connectivity index (χ3n) is 3.38. The van der Waals surface area contributed by atoms with Crippen LogP contribution in [-0.4, -0.2) is 34.9 Å². The lowest BCUT2D eigenvalue weighted by atomic mass is 10.1. The first-order valence-electron chi connectivity index (χ1n) is 7.29. The third kappa shape index (κ3) is 4.76. The van der Waals surface area contributed by atoms with Crippen LogP contribution in [0.1, 0.15) is 17.2 Å². The molecule has 0 fully saturated rings. The zero-order valence-corrected chi connectivity index (χ0v) is 13.1. The smallest absolute Gasteiger partial charge is 0.244 e. The molecular formula is C18H19NO5. The normalized spacial score (nSPS) is 12.1. The van der Waals surface area contributed by atoms with Crippen LogP contribution in [0.2, 0.25) is 0 Å². The number of methoxy groups -OCH3 is 1. The van der Waals surface area contributed by atoms with Crippen molar-refractivity contribution in [3.05, 3.63) is 59.7 Å². The van der Waals surface area contributed by atoms with Gasteiger partial charge in [-0.2, -0.15) is 0 Å². The summed E-state index contributed by atoms with van der Waals surface area (Å²) in [6, 6.07) is 10.8. The summed E-state index contributed by atoms with van der Waals surface area (Å²) in [5.74, 6) is 0.0959. The van der Waals surface area contributed by atoms with Gasteiger partial charge in [0.15, 0.2) is 11.5 Å². The Hall–Kier alpha value is -2.99. The van der Waals surface area contributed by atoms with E-state index in [0.29, 0.717) is 16.9 Å². The van der Waals surface area contributed by atoms with Crippen LogP contribution in [0.25, 0.3) is 6.08 Å². The van der Waals surface area contributed by atoms with Crippen molar-refractivity contribution in [2.45, 2.75) is 6.10 Å². The Labute approximate surface area is 139 Å². The van der Waals surface area contributed by atoms with E-state index in [1.54, 1.807) is 30.3 Å². The Morgan fingerprint density at radius 1 is 1.21 bits per heavy atom. The number of phenolic OH excluding ortho intramolecular Hbond substituents is 2. The average molecular weight is 329 g/mol. The summed E-state index contributed by atoms with van der Waals surface area (Å²) in [4.78, 5) is 11.8. The van der Waals surface area contributed by atoms with Crippen LogP contribution in [0.4, 0.5) is 0 Å². The number of benzene rings is 2. The summed E-state index contributed by atoms with van der Waals surface area (Å²) < 4.78 is 4.99. The van der Waals surface area contributed by atoms with Crippen LogP contribution in [0.3, 0.4) is 0 Å². The van der Waals surface area contributed by atoms with Crippen molar-refractivity contribution in [1.29, 1.82) is 0 Å². The molecule has 0 aliphatic heterocycles. The van der Waals surface area contributed by atoms with Gasteiger partial charge in [0.1, 0.15) is 5.75 Å². The van der Waals surface area contributed by atoms with Crippen molar-refractivity contribution in [1.82, 2.24) is 5.32 Å². The van der Waals surface area contributed by atoms with Gasteiger partial charge in [-0.25, -0.2) is 0 Å². The number of carbonyl (C=O) groups is 1. The summed E-state index contributed by atoms with van der Waals surface area (Å²) in [5, 5.41) is 31.3. The summed E-state index contributed by atoms with van der Waals surface area (Å²) >= 11 is 0. The lowest BCUT2D eigenvalue weighted by Crippen LogP contribution is -2.26. The number of nitrogens with one attached hydrogen (secondary N) is 1. The molecule has 2 rings (SSSR count). The number of carbonyl (C=O) groups excluding carboxylic acids is 1. The lowest BCUT2D eigenvalue weighted by molar-refractivity contribution is -0.116. The van der Waals surface area contributed by atoms with Crippen LogP contribution in [0.5, 0.6) is 17.2 Å². The number of rotatable bonds is 6. The maximum Gasteiger partial charge on any atom is 0.244 e. The van der Waals surface area contributed by atoms with E-state index >= 15 is 0 Å². The number of aromatic hydroxyl groups is 2. The van der Waals surface area contributed by atoms with E-state index in [1.165, 1.54) is 31.4 Å². The summed E-state index contributed by atoms with van der Waals surface area (Å²) in [6.07, 6.45) is 2.04. The van der Waals surface area contributed by atoms with Gasteiger partial charge in [-0.1, -0.05) is 18.2 Å². The van der Waals surface area contributed by atoms with Gasteiger partial charge in [0.05, 0.1) is 13.2 Å². The molecule has 6 heteroatoms. The molecule has 0 aliphatic rings. The topological polar surface area (TPSA) is 99.0 Å². The molecular weight excluding hydrogens is 310 g/mol. The molecule has 126 valence electrons. The first kappa shape index (κ1) is 17.4. The van der Waals surface area contributed by atoms with Crippen molar-refractivity contribution < 1.29 is 24.9 Å². The van der Waals surface area contributed by atoms with Crippen molar-refractivity contribution in [3.63, 3.8) is 0 Å². The van der Waals surface area contributed by atoms with Gasteiger partial charge in [0.25, 0.3) is 0 Å². The fraction of sp³-hybridized carbons (Fsp3) is 0.167. The molecule has 1 unspecified atom stereocenters. The number of amides is 1. The quantitative estimate of drug-likeness (QED) is 0.607. The van der Waals surface area contributed by atoms with E-state index in [-0.39, 0.29) is 24.0 Å². The fourth-order valence-electron chi connectivity index (χ4n) is 2.04. The minimum atomic E-state index is -0.864. The number of ether oxygens (including phenoxy) is 1. The van der Waals surface area contributed by atoms with E-state index in [1.807, 2.05) is 0 Å². The highest BCUT2D eigenvalue weighted by Crippen LogP contribution is 2.26.